The third-order valence-corrected chi connectivity index (χ3v) is 8.48. The molecule has 0 saturated carbocycles. The Hall–Kier alpha value is -1.40. The molecule has 1 N–H and O–H groups in total. The number of hydrogen-bond donors (Lipinski definition) is 1. The van der Waals surface area contributed by atoms with E-state index in [2.05, 4.69) is 19.1 Å². The first-order valence-corrected chi connectivity index (χ1v) is 11.4. The molecule has 0 atom stereocenters. The number of thioether (sulfide) groups is 2. The van der Waals surface area contributed by atoms with Gasteiger partial charge in [-0.1, -0.05) is 24.1 Å². The molecule has 1 aromatic heterocycles. The number of benzene rings is 1. The lowest BCUT2D eigenvalue weighted by Gasteiger charge is -2.32. The smallest absolute Gasteiger partial charge is 0.329 e. The van der Waals surface area contributed by atoms with Gasteiger partial charge in [-0.3, -0.25) is 0 Å². The van der Waals surface area contributed by atoms with Gasteiger partial charge in [0.25, 0.3) is 0 Å². The van der Waals surface area contributed by atoms with Crippen LogP contribution in [0.15, 0.2) is 28.7 Å². The van der Waals surface area contributed by atoms with Gasteiger partial charge in [0, 0.05) is 5.56 Å². The maximum atomic E-state index is 11.3. The van der Waals surface area contributed by atoms with E-state index in [0.29, 0.717) is 11.8 Å². The Morgan fingerprint density at radius 3 is 2.52 bits per heavy atom. The normalized spacial score (nSPS) is 22.7. The minimum absolute atomic E-state index is 0.606. The molecule has 0 unspecified atom stereocenters. The van der Waals surface area contributed by atoms with Crippen molar-refractivity contribution in [3.8, 4) is 11.5 Å². The maximum absolute atomic E-state index is 11.3. The summed E-state index contributed by atoms with van der Waals surface area (Å²) < 4.78 is 5.19. The van der Waals surface area contributed by atoms with Gasteiger partial charge in [-0.2, -0.15) is 0 Å². The molecule has 1 aromatic carbocycles. The lowest BCUT2D eigenvalue weighted by atomic mass is 10.0. The van der Waals surface area contributed by atoms with E-state index in [1.807, 2.05) is 26.0 Å². The van der Waals surface area contributed by atoms with Crippen LogP contribution in [-0.2, 0) is 11.2 Å². The van der Waals surface area contributed by atoms with Gasteiger partial charge in [-0.15, -0.1) is 23.5 Å². The van der Waals surface area contributed by atoms with Gasteiger partial charge in [-0.25, -0.2) is 9.78 Å². The number of aryl methyl sites for hydroxylation is 3. The van der Waals surface area contributed by atoms with Crippen molar-refractivity contribution >= 4 is 29.5 Å². The number of oxazole rings is 1. The number of carboxylic acid groups (broad SMARTS) is 1. The summed E-state index contributed by atoms with van der Waals surface area (Å²) in [5.74, 6) is 3.39. The Balaban J connectivity index is 1.45. The van der Waals surface area contributed by atoms with Crippen molar-refractivity contribution in [2.24, 2.45) is 5.92 Å². The summed E-state index contributed by atoms with van der Waals surface area (Å²) in [6.07, 6.45) is 4.31. The summed E-state index contributed by atoms with van der Waals surface area (Å²) in [5.41, 5.74) is 3.30. The van der Waals surface area contributed by atoms with Crippen LogP contribution in [0, 0.1) is 19.8 Å². The predicted molar refractivity (Wildman–Crippen MR) is 113 cm³/mol. The van der Waals surface area contributed by atoms with Gasteiger partial charge < -0.3 is 9.52 Å². The molecule has 1 aliphatic heterocycles. The molecular weight excluding hydrogens is 378 g/mol. The minimum atomic E-state index is -0.707. The monoisotopic (exact) mass is 405 g/mol. The predicted octanol–water partition coefficient (Wildman–Crippen LogP) is 5.57. The zero-order valence-corrected chi connectivity index (χ0v) is 17.8. The lowest BCUT2D eigenvalue weighted by molar-refractivity contribution is -0.136. The second-order valence-electron chi connectivity index (χ2n) is 7.37. The van der Waals surface area contributed by atoms with E-state index in [-0.39, 0.29) is 0 Å². The Labute approximate surface area is 169 Å². The first-order chi connectivity index (χ1) is 12.9. The number of carboxylic acids is 1. The molecule has 1 saturated heterocycles. The number of nitrogens with zero attached hydrogens (tertiary/aromatic N) is 1. The number of rotatable bonds is 7. The van der Waals surface area contributed by atoms with Gasteiger partial charge in [0.15, 0.2) is 4.08 Å². The van der Waals surface area contributed by atoms with Crippen molar-refractivity contribution in [3.05, 3.63) is 41.3 Å². The minimum Gasteiger partial charge on any atom is -0.480 e. The fourth-order valence-electron chi connectivity index (χ4n) is 3.14. The molecule has 0 aliphatic carbocycles. The van der Waals surface area contributed by atoms with Gasteiger partial charge in [-0.05, 0) is 69.6 Å². The highest BCUT2D eigenvalue weighted by molar-refractivity contribution is 8.19. The number of unbranched alkanes of at least 4 members (excludes halogenated alkanes) is 1. The first kappa shape index (κ1) is 20.3. The number of carbonyl (C=O) groups is 1. The van der Waals surface area contributed by atoms with E-state index < -0.39 is 10.0 Å². The second-order valence-corrected chi connectivity index (χ2v) is 10.5. The van der Waals surface area contributed by atoms with E-state index in [4.69, 9.17) is 9.40 Å². The van der Waals surface area contributed by atoms with Crippen LogP contribution in [-0.4, -0.2) is 31.6 Å². The second kappa shape index (κ2) is 8.74. The molecule has 0 radical (unpaired) electrons. The summed E-state index contributed by atoms with van der Waals surface area (Å²) in [6.45, 7) is 5.88. The van der Waals surface area contributed by atoms with Crippen LogP contribution in [0.4, 0.5) is 0 Å². The largest absolute Gasteiger partial charge is 0.480 e. The van der Waals surface area contributed by atoms with Crippen molar-refractivity contribution in [1.82, 2.24) is 4.98 Å². The van der Waals surface area contributed by atoms with Crippen molar-refractivity contribution in [2.45, 2.75) is 50.5 Å². The van der Waals surface area contributed by atoms with Crippen molar-refractivity contribution in [3.63, 3.8) is 0 Å². The Kier molecular flexibility index (Phi) is 6.58. The molecule has 4 nitrogen and oxygen atoms in total. The molecule has 0 amide bonds. The zero-order chi connectivity index (χ0) is 19.4. The van der Waals surface area contributed by atoms with Crippen molar-refractivity contribution in [1.29, 1.82) is 0 Å². The third kappa shape index (κ3) is 5.11. The number of aliphatic carboxylic acids is 1. The molecule has 146 valence electrons. The average Bonchev–Trinajstić information content (AvgIpc) is 3.01. The topological polar surface area (TPSA) is 63.3 Å². The molecule has 1 aliphatic rings. The van der Waals surface area contributed by atoms with E-state index in [1.54, 1.807) is 23.5 Å². The first-order valence-electron chi connectivity index (χ1n) is 9.42. The van der Waals surface area contributed by atoms with Crippen LogP contribution in [0.5, 0.6) is 0 Å². The van der Waals surface area contributed by atoms with Crippen molar-refractivity contribution < 1.29 is 14.3 Å². The zero-order valence-electron chi connectivity index (χ0n) is 16.2. The molecule has 3 rings (SSSR count). The highest BCUT2D eigenvalue weighted by Crippen LogP contribution is 2.44. The van der Waals surface area contributed by atoms with Gasteiger partial charge in [0.1, 0.15) is 5.76 Å². The molecule has 2 heterocycles. The SMILES string of the molecule is Cc1ccc(-c2nc(CCCC[C@H]3CS[C@@](C)(C(=O)O)SC3)c(C)o2)cc1. The molecule has 0 spiro atoms. The molecule has 6 heteroatoms. The lowest BCUT2D eigenvalue weighted by Crippen LogP contribution is -2.34. The Morgan fingerprint density at radius 2 is 1.89 bits per heavy atom. The highest BCUT2D eigenvalue weighted by atomic mass is 32.2. The Bertz CT molecular complexity index is 777. The summed E-state index contributed by atoms with van der Waals surface area (Å²) >= 11 is 3.15. The highest BCUT2D eigenvalue weighted by Gasteiger charge is 2.39. The number of aromatic nitrogens is 1. The van der Waals surface area contributed by atoms with Crippen LogP contribution in [0.1, 0.15) is 43.2 Å². The van der Waals surface area contributed by atoms with E-state index in [9.17, 15) is 9.90 Å². The summed E-state index contributed by atoms with van der Waals surface area (Å²) in [7, 11) is 0. The fraction of sp³-hybridized carbons (Fsp3) is 0.524. The molecule has 27 heavy (non-hydrogen) atoms. The van der Waals surface area contributed by atoms with E-state index in [0.717, 1.165) is 54.2 Å². The maximum Gasteiger partial charge on any atom is 0.329 e. The Morgan fingerprint density at radius 1 is 1.22 bits per heavy atom. The average molecular weight is 406 g/mol. The van der Waals surface area contributed by atoms with E-state index >= 15 is 0 Å². The van der Waals surface area contributed by atoms with Gasteiger partial charge in [0.2, 0.25) is 5.89 Å². The molecule has 1 fully saturated rings. The van der Waals surface area contributed by atoms with Gasteiger partial charge in [0.05, 0.1) is 5.69 Å². The molecule has 2 aromatic rings. The standard InChI is InChI=1S/C21H27NO3S2/c1-14-8-10-17(11-9-14)19-22-18(15(2)25-19)7-5-4-6-16-12-26-21(3,20(23)24)27-13-16/h8-11,16H,4-7,12-13H2,1-3H3,(H,23,24)/t16-,21+. The van der Waals surface area contributed by atoms with Crippen molar-refractivity contribution in [2.75, 3.05) is 11.5 Å². The van der Waals surface area contributed by atoms with Crippen LogP contribution in [0.3, 0.4) is 0 Å². The van der Waals surface area contributed by atoms with Crippen LogP contribution in [0.25, 0.3) is 11.5 Å². The third-order valence-electron chi connectivity index (χ3n) is 5.04. The van der Waals surface area contributed by atoms with Crippen LogP contribution >= 0.6 is 23.5 Å². The number of hydrogen-bond acceptors (Lipinski definition) is 5. The van der Waals surface area contributed by atoms with Crippen LogP contribution in [0.2, 0.25) is 0 Å². The summed E-state index contributed by atoms with van der Waals surface area (Å²) in [6, 6.07) is 8.25. The molecular formula is C21H27NO3S2. The van der Waals surface area contributed by atoms with E-state index in [1.165, 1.54) is 5.56 Å². The molecule has 0 bridgehead atoms. The summed E-state index contributed by atoms with van der Waals surface area (Å²) in [4.78, 5) is 16.0. The van der Waals surface area contributed by atoms with Crippen LogP contribution < -0.4 is 0 Å². The fourth-order valence-corrected chi connectivity index (χ4v) is 5.95. The summed E-state index contributed by atoms with van der Waals surface area (Å²) in [5, 5.41) is 9.29. The quantitative estimate of drug-likeness (QED) is 0.608. The van der Waals surface area contributed by atoms with Gasteiger partial charge >= 0.3 is 5.97 Å².